The number of ether oxygens (including phenoxy) is 1. The first kappa shape index (κ1) is 20.8. The molecule has 0 amide bonds. The number of nitrogens with two attached hydrogens (primary N) is 1. The number of nitrogens with one attached hydrogen (secondary N) is 3. The van der Waals surface area contributed by atoms with E-state index in [0.717, 1.165) is 39.4 Å². The van der Waals surface area contributed by atoms with Gasteiger partial charge in [-0.15, -0.1) is 4.98 Å². The molecule has 6 nitrogen and oxygen atoms in total. The molecule has 2 aromatic heterocycles. The fourth-order valence-corrected chi connectivity index (χ4v) is 3.75. The van der Waals surface area contributed by atoms with Crippen LogP contribution < -0.4 is 20.8 Å². The Morgan fingerprint density at radius 3 is 2.70 bits per heavy atom. The maximum absolute atomic E-state index is 13.4. The number of aromatic amines is 2. The Bertz CT molecular complexity index is 1430. The van der Waals surface area contributed by atoms with Crippen molar-refractivity contribution in [2.45, 2.75) is 6.61 Å². The lowest BCUT2D eigenvalue weighted by Crippen LogP contribution is -2.11. The fourth-order valence-electron chi connectivity index (χ4n) is 3.52. The van der Waals surface area contributed by atoms with Gasteiger partial charge in [0.2, 0.25) is 6.33 Å². The number of benzene rings is 3. The number of rotatable bonds is 6. The smallest absolute Gasteiger partial charge is 0.251 e. The van der Waals surface area contributed by atoms with Gasteiger partial charge in [0, 0.05) is 17.4 Å². The molecule has 3 aromatic carbocycles. The molecular formula is C25H20ClFN5O+. The van der Waals surface area contributed by atoms with Gasteiger partial charge >= 0.3 is 0 Å². The number of halogens is 2. The van der Waals surface area contributed by atoms with E-state index in [-0.39, 0.29) is 12.4 Å². The standard InChI is InChI=1S/C25H19ClFN5O/c26-20-11-19(8-9-23(20)33-13-15-2-1-3-17(27)10-15)31-25-24-22(29-14-30-25)12-21(32-24)16-4-6-18(28)7-5-16/h1-12,14,32H,13,28H2,(H,29,30,31)/p+1. The molecule has 5 rings (SSSR count). The predicted octanol–water partition coefficient (Wildman–Crippen LogP) is 5.74. The van der Waals surface area contributed by atoms with Gasteiger partial charge in [0.25, 0.3) is 5.82 Å². The highest BCUT2D eigenvalue weighted by atomic mass is 35.5. The number of fused-ring (bicyclic) bond motifs is 1. The molecule has 5 aromatic rings. The third-order valence-corrected chi connectivity index (χ3v) is 5.46. The Kier molecular flexibility index (Phi) is 5.54. The summed E-state index contributed by atoms with van der Waals surface area (Å²) in [5.74, 6) is 0.956. The van der Waals surface area contributed by atoms with Crippen molar-refractivity contribution in [2.75, 3.05) is 11.1 Å². The van der Waals surface area contributed by atoms with Gasteiger partial charge in [-0.3, -0.25) is 5.32 Å². The zero-order valence-electron chi connectivity index (χ0n) is 17.4. The Balaban J connectivity index is 1.36. The van der Waals surface area contributed by atoms with Crippen LogP contribution in [0.5, 0.6) is 5.75 Å². The average Bonchev–Trinajstić information content (AvgIpc) is 3.24. The van der Waals surface area contributed by atoms with Crippen LogP contribution in [0.1, 0.15) is 5.56 Å². The van der Waals surface area contributed by atoms with E-state index in [4.69, 9.17) is 22.1 Å². The monoisotopic (exact) mass is 460 g/mol. The summed E-state index contributed by atoms with van der Waals surface area (Å²) in [7, 11) is 0. The minimum Gasteiger partial charge on any atom is -0.487 e. The van der Waals surface area contributed by atoms with Crippen molar-refractivity contribution in [3.63, 3.8) is 0 Å². The second-order valence-electron chi connectivity index (χ2n) is 7.53. The van der Waals surface area contributed by atoms with E-state index >= 15 is 0 Å². The number of anilines is 3. The lowest BCUT2D eigenvalue weighted by Gasteiger charge is -2.09. The van der Waals surface area contributed by atoms with Crippen LogP contribution in [-0.2, 0) is 6.61 Å². The van der Waals surface area contributed by atoms with Crippen LogP contribution in [0.4, 0.5) is 21.6 Å². The van der Waals surface area contributed by atoms with Crippen molar-refractivity contribution in [2.24, 2.45) is 0 Å². The Hall–Kier alpha value is -4.10. The summed E-state index contributed by atoms with van der Waals surface area (Å²) in [5, 5.41) is 3.77. The Morgan fingerprint density at radius 2 is 1.91 bits per heavy atom. The van der Waals surface area contributed by atoms with Gasteiger partial charge in [0.05, 0.1) is 10.7 Å². The first-order chi connectivity index (χ1) is 16.0. The molecule has 5 N–H and O–H groups in total. The fraction of sp³-hybridized carbons (Fsp3) is 0.0400. The summed E-state index contributed by atoms with van der Waals surface area (Å²) in [4.78, 5) is 11.0. The van der Waals surface area contributed by atoms with Crippen LogP contribution in [0.25, 0.3) is 22.3 Å². The number of H-pyrrole nitrogens is 2. The highest BCUT2D eigenvalue weighted by Crippen LogP contribution is 2.31. The minimum absolute atomic E-state index is 0.222. The molecule has 0 unspecified atom stereocenters. The van der Waals surface area contributed by atoms with Gasteiger partial charge in [-0.25, -0.2) is 9.37 Å². The number of nitrogen functional groups attached to an aromatic ring is 1. The first-order valence-electron chi connectivity index (χ1n) is 10.2. The van der Waals surface area contributed by atoms with E-state index in [0.29, 0.717) is 16.5 Å². The zero-order valence-corrected chi connectivity index (χ0v) is 18.2. The first-order valence-corrected chi connectivity index (χ1v) is 10.6. The van der Waals surface area contributed by atoms with Crippen LogP contribution in [0.2, 0.25) is 5.02 Å². The summed E-state index contributed by atoms with van der Waals surface area (Å²) < 4.78 is 19.1. The molecule has 0 aliphatic heterocycles. The molecule has 0 aliphatic carbocycles. The lowest BCUT2D eigenvalue weighted by molar-refractivity contribution is -0.363. The van der Waals surface area contributed by atoms with Crippen LogP contribution in [0, 0.1) is 5.82 Å². The van der Waals surface area contributed by atoms with E-state index < -0.39 is 0 Å². The molecule has 0 spiro atoms. The van der Waals surface area contributed by atoms with Crippen LogP contribution in [-0.4, -0.2) is 9.97 Å². The van der Waals surface area contributed by atoms with E-state index in [1.54, 1.807) is 30.6 Å². The average molecular weight is 461 g/mol. The van der Waals surface area contributed by atoms with E-state index in [2.05, 4.69) is 20.3 Å². The van der Waals surface area contributed by atoms with Crippen molar-refractivity contribution < 1.29 is 14.1 Å². The SMILES string of the molecule is Nc1ccc(-c2cc3nc[nH+]c(Nc4ccc(OCc5cccc(F)c5)c(Cl)c4)c3[nH]2)cc1. The molecule has 0 saturated heterocycles. The van der Waals surface area contributed by atoms with Gasteiger partial charge in [-0.05, 0) is 53.6 Å². The van der Waals surface area contributed by atoms with Gasteiger partial charge in [0.1, 0.15) is 18.2 Å². The maximum atomic E-state index is 13.4. The van der Waals surface area contributed by atoms with Crippen molar-refractivity contribution >= 4 is 39.8 Å². The number of hydrogen-bond acceptors (Lipinski definition) is 4. The molecule has 0 atom stereocenters. The zero-order chi connectivity index (χ0) is 22.8. The van der Waals surface area contributed by atoms with E-state index in [9.17, 15) is 4.39 Å². The van der Waals surface area contributed by atoms with Gasteiger partial charge < -0.3 is 15.5 Å². The Labute approximate surface area is 194 Å². The van der Waals surface area contributed by atoms with Crippen LogP contribution in [0.3, 0.4) is 0 Å². The van der Waals surface area contributed by atoms with Crippen molar-refractivity contribution in [1.29, 1.82) is 0 Å². The second kappa shape index (κ2) is 8.80. The van der Waals surface area contributed by atoms with Crippen LogP contribution in [0.15, 0.2) is 79.1 Å². The van der Waals surface area contributed by atoms with Crippen LogP contribution >= 0.6 is 11.6 Å². The van der Waals surface area contributed by atoms with Gasteiger partial charge in [0.15, 0.2) is 11.0 Å². The number of aromatic nitrogens is 3. The molecule has 164 valence electrons. The molecular weight excluding hydrogens is 441 g/mol. The van der Waals surface area contributed by atoms with E-state index in [1.807, 2.05) is 36.4 Å². The number of hydrogen-bond donors (Lipinski definition) is 3. The largest absolute Gasteiger partial charge is 0.487 e. The highest BCUT2D eigenvalue weighted by Gasteiger charge is 2.15. The molecule has 2 heterocycles. The number of nitrogens with zero attached hydrogens (tertiary/aromatic N) is 1. The van der Waals surface area contributed by atoms with Crippen molar-refractivity contribution in [3.05, 3.63) is 95.5 Å². The maximum Gasteiger partial charge on any atom is 0.251 e. The van der Waals surface area contributed by atoms with Gasteiger partial charge in [-0.2, -0.15) is 0 Å². The van der Waals surface area contributed by atoms with Crippen molar-refractivity contribution in [1.82, 2.24) is 9.97 Å². The molecule has 0 saturated carbocycles. The van der Waals surface area contributed by atoms with E-state index in [1.165, 1.54) is 12.1 Å². The molecule has 33 heavy (non-hydrogen) atoms. The quantitative estimate of drug-likeness (QED) is 0.282. The summed E-state index contributed by atoms with van der Waals surface area (Å²) in [6.45, 7) is 0.222. The summed E-state index contributed by atoms with van der Waals surface area (Å²) in [5.41, 5.74) is 11.6. The summed E-state index contributed by atoms with van der Waals surface area (Å²) >= 11 is 6.43. The summed E-state index contributed by atoms with van der Waals surface area (Å²) in [6.07, 6.45) is 1.63. The summed E-state index contributed by atoms with van der Waals surface area (Å²) in [6, 6.07) is 21.3. The molecule has 0 radical (unpaired) electrons. The predicted molar refractivity (Wildman–Crippen MR) is 128 cm³/mol. The molecule has 8 heteroatoms. The lowest BCUT2D eigenvalue weighted by atomic mass is 10.1. The second-order valence-corrected chi connectivity index (χ2v) is 7.94. The Morgan fingerprint density at radius 1 is 1.06 bits per heavy atom. The molecule has 0 fully saturated rings. The molecule has 0 aliphatic rings. The van der Waals surface area contributed by atoms with Crippen molar-refractivity contribution in [3.8, 4) is 17.0 Å². The normalized spacial score (nSPS) is 11.0. The highest BCUT2D eigenvalue weighted by molar-refractivity contribution is 6.32. The van der Waals surface area contributed by atoms with Gasteiger partial charge in [-0.1, -0.05) is 35.9 Å². The minimum atomic E-state index is -0.300. The molecule has 0 bridgehead atoms. The topological polar surface area (TPSA) is 90.1 Å². The third kappa shape index (κ3) is 4.58. The third-order valence-electron chi connectivity index (χ3n) is 5.17.